The van der Waals surface area contributed by atoms with Gasteiger partial charge in [-0.25, -0.2) is 4.79 Å². The molecule has 0 saturated heterocycles. The summed E-state index contributed by atoms with van der Waals surface area (Å²) in [6.45, 7) is 7.33. The van der Waals surface area contributed by atoms with Gasteiger partial charge in [0, 0.05) is 12.0 Å². The minimum atomic E-state index is -0.358. The number of rotatable bonds is 4. The van der Waals surface area contributed by atoms with Gasteiger partial charge in [0.15, 0.2) is 0 Å². The Labute approximate surface area is 158 Å². The second-order valence-electron chi connectivity index (χ2n) is 7.27. The number of esters is 1. The summed E-state index contributed by atoms with van der Waals surface area (Å²) in [6.07, 6.45) is 0.778. The maximum Gasteiger partial charge on any atom is 0.341 e. The summed E-state index contributed by atoms with van der Waals surface area (Å²) in [6, 6.07) is 9.02. The van der Waals surface area contributed by atoms with Crippen LogP contribution >= 0.6 is 11.3 Å². The Kier molecular flexibility index (Phi) is 5.16. The molecule has 138 valence electrons. The van der Waals surface area contributed by atoms with Crippen molar-refractivity contribution in [1.82, 2.24) is 0 Å². The molecule has 2 aromatic rings. The number of ether oxygens (including phenoxy) is 1. The Balaban J connectivity index is 2.00. The van der Waals surface area contributed by atoms with Gasteiger partial charge in [0.25, 0.3) is 5.91 Å². The molecule has 3 rings (SSSR count). The Bertz CT molecular complexity index is 827. The van der Waals surface area contributed by atoms with Gasteiger partial charge in [-0.15, -0.1) is 11.3 Å². The van der Waals surface area contributed by atoms with Gasteiger partial charge >= 0.3 is 5.97 Å². The predicted octanol–water partition coefficient (Wildman–Crippen LogP) is 2.53. The number of carbonyl (C=O) groups is 2. The summed E-state index contributed by atoms with van der Waals surface area (Å²) < 4.78 is 5.28. The van der Waals surface area contributed by atoms with Crippen molar-refractivity contribution in [2.24, 2.45) is 0 Å². The average Bonchev–Trinajstić information content (AvgIpc) is 2.92. The first-order chi connectivity index (χ1) is 12.3. The van der Waals surface area contributed by atoms with Crippen LogP contribution in [0.25, 0.3) is 0 Å². The Morgan fingerprint density at radius 3 is 2.62 bits per heavy atom. The van der Waals surface area contributed by atoms with E-state index in [2.05, 4.69) is 26.2 Å². The number of amides is 1. The summed E-state index contributed by atoms with van der Waals surface area (Å²) >= 11 is 1.49. The van der Waals surface area contributed by atoms with E-state index >= 15 is 0 Å². The van der Waals surface area contributed by atoms with E-state index in [0.29, 0.717) is 22.7 Å². The van der Waals surface area contributed by atoms with E-state index in [-0.39, 0.29) is 17.4 Å². The molecule has 0 fully saturated rings. The first kappa shape index (κ1) is 18.6. The first-order valence-corrected chi connectivity index (χ1v) is 9.66. The summed E-state index contributed by atoms with van der Waals surface area (Å²) in [4.78, 5) is 27.8. The second kappa shape index (κ2) is 7.21. The maximum atomic E-state index is 12.6. The molecule has 1 aromatic heterocycles. The van der Waals surface area contributed by atoms with Crippen LogP contribution in [0.3, 0.4) is 0 Å². The molecule has 1 aliphatic heterocycles. The number of hydrogen-bond donors (Lipinski definition) is 2. The van der Waals surface area contributed by atoms with Gasteiger partial charge in [0.1, 0.15) is 11.5 Å². The van der Waals surface area contributed by atoms with E-state index in [9.17, 15) is 9.59 Å². The van der Waals surface area contributed by atoms with Crippen LogP contribution in [0.5, 0.6) is 0 Å². The number of anilines is 1. The van der Waals surface area contributed by atoms with Crippen LogP contribution in [0.4, 0.5) is 5.00 Å². The zero-order chi connectivity index (χ0) is 18.9. The molecule has 1 aliphatic rings. The highest BCUT2D eigenvalue weighted by molar-refractivity contribution is 7.17. The van der Waals surface area contributed by atoms with Crippen LogP contribution in [0.1, 0.15) is 51.9 Å². The fraction of sp³-hybridized carbons (Fsp3) is 0.400. The van der Waals surface area contributed by atoms with Crippen LogP contribution in [0.2, 0.25) is 0 Å². The molecule has 6 heteroatoms. The van der Waals surface area contributed by atoms with Gasteiger partial charge in [-0.05, 0) is 38.5 Å². The van der Waals surface area contributed by atoms with Gasteiger partial charge in [-0.3, -0.25) is 4.79 Å². The normalized spacial score (nSPS) is 18.1. The van der Waals surface area contributed by atoms with E-state index in [4.69, 9.17) is 4.74 Å². The van der Waals surface area contributed by atoms with Crippen LogP contribution in [0, 0.1) is 0 Å². The summed E-state index contributed by atoms with van der Waals surface area (Å²) in [5.41, 5.74) is 2.14. The monoisotopic (exact) mass is 373 g/mol. The summed E-state index contributed by atoms with van der Waals surface area (Å²) in [5, 5.41) is 3.53. The van der Waals surface area contributed by atoms with Gasteiger partial charge in [0.05, 0.1) is 29.6 Å². The highest BCUT2D eigenvalue weighted by Gasteiger charge is 2.39. The van der Waals surface area contributed by atoms with E-state index in [1.165, 1.54) is 16.2 Å². The van der Waals surface area contributed by atoms with Gasteiger partial charge in [0.2, 0.25) is 0 Å². The number of carbonyl (C=O) groups excluding carboxylic acids is 2. The molecule has 0 aliphatic carbocycles. The van der Waals surface area contributed by atoms with Gasteiger partial charge in [-0.1, -0.05) is 18.2 Å². The quantitative estimate of drug-likeness (QED) is 0.810. The zero-order valence-electron chi connectivity index (χ0n) is 15.6. The smallest absolute Gasteiger partial charge is 0.341 e. The number of nitrogens with one attached hydrogen (secondary N) is 2. The third kappa shape index (κ3) is 3.52. The summed E-state index contributed by atoms with van der Waals surface area (Å²) in [7, 11) is 2.16. The average molecular weight is 373 g/mol. The van der Waals surface area contributed by atoms with E-state index in [0.717, 1.165) is 23.4 Å². The Morgan fingerprint density at radius 1 is 1.27 bits per heavy atom. The number of likely N-dealkylation sites (N-methyl/N-ethyl adjacent to an activating group) is 1. The van der Waals surface area contributed by atoms with Crippen molar-refractivity contribution in [3.63, 3.8) is 0 Å². The molecule has 0 radical (unpaired) electrons. The molecule has 1 aromatic carbocycles. The largest absolute Gasteiger partial charge is 0.462 e. The van der Waals surface area contributed by atoms with Crippen molar-refractivity contribution in [2.45, 2.75) is 39.3 Å². The molecule has 0 spiro atoms. The molecule has 0 saturated carbocycles. The minimum absolute atomic E-state index is 0.0238. The lowest BCUT2D eigenvalue weighted by Crippen LogP contribution is -3.16. The molecular weight excluding hydrogens is 348 g/mol. The van der Waals surface area contributed by atoms with Crippen molar-refractivity contribution in [2.75, 3.05) is 19.0 Å². The van der Waals surface area contributed by atoms with Crippen LogP contribution < -0.4 is 10.2 Å². The third-order valence-corrected chi connectivity index (χ3v) is 6.18. The van der Waals surface area contributed by atoms with Crippen molar-refractivity contribution in [1.29, 1.82) is 0 Å². The lowest BCUT2D eigenvalue weighted by Gasteiger charge is -2.36. The molecule has 1 unspecified atom stereocenters. The SMILES string of the molecule is CCOC(=O)c1c(NC(=O)c2ccccc2)sc2c1CC(C)(C)[NH+](C)C2. The minimum Gasteiger partial charge on any atom is -0.462 e. The number of hydrogen-bond acceptors (Lipinski definition) is 4. The van der Waals surface area contributed by atoms with E-state index < -0.39 is 0 Å². The standard InChI is InChI=1S/C20H24N2O3S/c1-5-25-19(24)16-14-11-20(2,3)22(4)12-15(14)26-18(16)21-17(23)13-9-7-6-8-10-13/h6-10H,5,11-12H2,1-4H3,(H,21,23)/p+1. The Morgan fingerprint density at radius 2 is 1.96 bits per heavy atom. The number of benzene rings is 1. The van der Waals surface area contributed by atoms with Crippen LogP contribution in [0.15, 0.2) is 30.3 Å². The molecular formula is C20H25N2O3S+. The topological polar surface area (TPSA) is 59.8 Å². The third-order valence-electron chi connectivity index (χ3n) is 5.03. The molecule has 2 N–H and O–H groups in total. The lowest BCUT2D eigenvalue weighted by atomic mass is 9.87. The molecule has 2 heterocycles. The number of quaternary nitrogens is 1. The number of fused-ring (bicyclic) bond motifs is 1. The van der Waals surface area contributed by atoms with Crippen molar-refractivity contribution in [3.8, 4) is 0 Å². The van der Waals surface area contributed by atoms with E-state index in [1.807, 2.05) is 18.2 Å². The van der Waals surface area contributed by atoms with Gasteiger partial charge in [-0.2, -0.15) is 0 Å². The molecule has 5 nitrogen and oxygen atoms in total. The van der Waals surface area contributed by atoms with Crippen LogP contribution in [-0.4, -0.2) is 31.1 Å². The van der Waals surface area contributed by atoms with Crippen molar-refractivity contribution in [3.05, 3.63) is 51.9 Å². The zero-order valence-corrected chi connectivity index (χ0v) is 16.5. The molecule has 1 atom stereocenters. The predicted molar refractivity (Wildman–Crippen MR) is 103 cm³/mol. The van der Waals surface area contributed by atoms with Crippen LogP contribution in [-0.2, 0) is 17.7 Å². The van der Waals surface area contributed by atoms with E-state index in [1.54, 1.807) is 19.1 Å². The fourth-order valence-electron chi connectivity index (χ4n) is 3.19. The summed E-state index contributed by atoms with van der Waals surface area (Å²) in [5.74, 6) is -0.571. The second-order valence-corrected chi connectivity index (χ2v) is 8.37. The lowest BCUT2D eigenvalue weighted by molar-refractivity contribution is -0.945. The first-order valence-electron chi connectivity index (χ1n) is 8.84. The highest BCUT2D eigenvalue weighted by atomic mass is 32.1. The maximum absolute atomic E-state index is 12.6. The number of thiophene rings is 1. The van der Waals surface area contributed by atoms with Gasteiger partial charge < -0.3 is 15.0 Å². The molecule has 1 amide bonds. The van der Waals surface area contributed by atoms with Crippen molar-refractivity contribution >= 4 is 28.2 Å². The van der Waals surface area contributed by atoms with Crippen molar-refractivity contribution < 1.29 is 19.2 Å². The molecule has 26 heavy (non-hydrogen) atoms. The Hall–Kier alpha value is -2.18. The highest BCUT2D eigenvalue weighted by Crippen LogP contribution is 2.37. The molecule has 0 bridgehead atoms. The fourth-order valence-corrected chi connectivity index (χ4v) is 4.47.